The standard InChI is InChI=1S/C8H8ClN3O/c1-4(2)7-12-6-8(13-7)10-3-5(9)11-6/h3-4H,1-2H3. The normalized spacial score (nSPS) is 11.4. The van der Waals surface area contributed by atoms with E-state index >= 15 is 0 Å². The van der Waals surface area contributed by atoms with Crippen molar-refractivity contribution in [2.45, 2.75) is 19.8 Å². The van der Waals surface area contributed by atoms with Gasteiger partial charge in [0.15, 0.2) is 0 Å². The summed E-state index contributed by atoms with van der Waals surface area (Å²) < 4.78 is 5.34. The molecule has 0 N–H and O–H groups in total. The molecule has 2 rings (SSSR count). The summed E-state index contributed by atoms with van der Waals surface area (Å²) in [6.07, 6.45) is 1.44. The summed E-state index contributed by atoms with van der Waals surface area (Å²) >= 11 is 5.65. The molecule has 0 aliphatic carbocycles. The number of rotatable bonds is 1. The molecule has 2 aromatic rings. The van der Waals surface area contributed by atoms with Crippen LogP contribution in [0.5, 0.6) is 0 Å². The second kappa shape index (κ2) is 2.96. The zero-order valence-corrected chi connectivity index (χ0v) is 8.04. The quantitative estimate of drug-likeness (QED) is 0.705. The molecule has 0 unspecified atom stereocenters. The van der Waals surface area contributed by atoms with Gasteiger partial charge in [0.25, 0.3) is 5.71 Å². The number of nitrogens with zero attached hydrogens (tertiary/aromatic N) is 3. The van der Waals surface area contributed by atoms with Crippen molar-refractivity contribution in [3.05, 3.63) is 17.2 Å². The van der Waals surface area contributed by atoms with E-state index in [-0.39, 0.29) is 5.92 Å². The van der Waals surface area contributed by atoms with Gasteiger partial charge in [0, 0.05) is 5.92 Å². The van der Waals surface area contributed by atoms with Crippen LogP contribution in [0.2, 0.25) is 5.15 Å². The number of halogens is 1. The lowest BCUT2D eigenvalue weighted by molar-refractivity contribution is 0.494. The molecule has 2 heterocycles. The first-order valence-corrected chi connectivity index (χ1v) is 4.33. The van der Waals surface area contributed by atoms with Crippen LogP contribution >= 0.6 is 11.6 Å². The largest absolute Gasteiger partial charge is 0.421 e. The molecule has 0 aliphatic rings. The number of hydrogen-bond donors (Lipinski definition) is 0. The van der Waals surface area contributed by atoms with Crippen molar-refractivity contribution in [3.8, 4) is 0 Å². The van der Waals surface area contributed by atoms with Crippen LogP contribution in [0.25, 0.3) is 11.4 Å². The molecule has 0 radical (unpaired) electrons. The van der Waals surface area contributed by atoms with E-state index in [9.17, 15) is 0 Å². The molecule has 4 nitrogen and oxygen atoms in total. The molecule has 0 fully saturated rings. The van der Waals surface area contributed by atoms with E-state index in [0.717, 1.165) is 0 Å². The second-order valence-electron chi connectivity index (χ2n) is 3.03. The molecule has 2 aromatic heterocycles. The van der Waals surface area contributed by atoms with Crippen molar-refractivity contribution in [3.63, 3.8) is 0 Å². The lowest BCUT2D eigenvalue weighted by Gasteiger charge is -1.92. The Hall–Kier alpha value is -1.16. The predicted octanol–water partition coefficient (Wildman–Crippen LogP) is 2.39. The zero-order valence-electron chi connectivity index (χ0n) is 7.28. The highest BCUT2D eigenvalue weighted by Gasteiger charge is 2.10. The summed E-state index contributed by atoms with van der Waals surface area (Å²) in [6.45, 7) is 3.98. The van der Waals surface area contributed by atoms with Gasteiger partial charge in [0.1, 0.15) is 5.15 Å². The number of hydrogen-bond acceptors (Lipinski definition) is 4. The summed E-state index contributed by atoms with van der Waals surface area (Å²) in [5.41, 5.74) is 0.907. The lowest BCUT2D eigenvalue weighted by Crippen LogP contribution is -1.85. The van der Waals surface area contributed by atoms with Crippen LogP contribution in [0.15, 0.2) is 10.6 Å². The fraction of sp³-hybridized carbons (Fsp3) is 0.375. The van der Waals surface area contributed by atoms with Gasteiger partial charge in [-0.25, -0.2) is 9.97 Å². The highest BCUT2D eigenvalue weighted by atomic mass is 35.5. The summed E-state index contributed by atoms with van der Waals surface area (Å²) in [5, 5.41) is 0.330. The fourth-order valence-corrected chi connectivity index (χ4v) is 1.09. The van der Waals surface area contributed by atoms with Gasteiger partial charge in [0.2, 0.25) is 11.5 Å². The molecular formula is C8H8ClN3O. The smallest absolute Gasteiger partial charge is 0.266 e. The van der Waals surface area contributed by atoms with E-state index in [1.165, 1.54) is 6.20 Å². The van der Waals surface area contributed by atoms with E-state index < -0.39 is 0 Å². The van der Waals surface area contributed by atoms with Crippen LogP contribution in [0.4, 0.5) is 0 Å². The van der Waals surface area contributed by atoms with E-state index in [1.807, 2.05) is 13.8 Å². The van der Waals surface area contributed by atoms with Crippen molar-refractivity contribution >= 4 is 23.0 Å². The topological polar surface area (TPSA) is 51.8 Å². The Morgan fingerprint density at radius 3 is 2.85 bits per heavy atom. The van der Waals surface area contributed by atoms with Gasteiger partial charge in [0.05, 0.1) is 6.20 Å². The van der Waals surface area contributed by atoms with Gasteiger partial charge in [-0.3, -0.25) is 0 Å². The minimum atomic E-state index is 0.231. The number of fused-ring (bicyclic) bond motifs is 1. The van der Waals surface area contributed by atoms with Gasteiger partial charge in [-0.1, -0.05) is 25.4 Å². The molecule has 5 heteroatoms. The first-order valence-electron chi connectivity index (χ1n) is 3.96. The average Bonchev–Trinajstić information content (AvgIpc) is 2.46. The highest BCUT2D eigenvalue weighted by molar-refractivity contribution is 6.29. The minimum absolute atomic E-state index is 0.231. The third kappa shape index (κ3) is 1.49. The van der Waals surface area contributed by atoms with Gasteiger partial charge < -0.3 is 4.42 Å². The van der Waals surface area contributed by atoms with Gasteiger partial charge in [-0.05, 0) is 0 Å². The third-order valence-electron chi connectivity index (χ3n) is 1.60. The molecule has 0 aromatic carbocycles. The van der Waals surface area contributed by atoms with Crippen LogP contribution in [-0.4, -0.2) is 15.0 Å². The SMILES string of the molecule is CC(C)c1nc2nc(Cl)cnc2o1. The van der Waals surface area contributed by atoms with E-state index in [2.05, 4.69) is 15.0 Å². The van der Waals surface area contributed by atoms with Crippen LogP contribution < -0.4 is 0 Å². The van der Waals surface area contributed by atoms with Crippen molar-refractivity contribution in [2.24, 2.45) is 0 Å². The molecular weight excluding hydrogens is 190 g/mol. The van der Waals surface area contributed by atoms with Crippen molar-refractivity contribution in [1.29, 1.82) is 0 Å². The van der Waals surface area contributed by atoms with E-state index in [4.69, 9.17) is 16.0 Å². The van der Waals surface area contributed by atoms with Crippen molar-refractivity contribution < 1.29 is 4.42 Å². The minimum Gasteiger partial charge on any atom is -0.421 e. The Bertz CT molecular complexity index is 438. The Balaban J connectivity index is 2.62. The molecule has 0 saturated heterocycles. The molecule has 0 bridgehead atoms. The average molecular weight is 198 g/mol. The summed E-state index contributed by atoms with van der Waals surface area (Å²) in [5.74, 6) is 0.868. The number of aromatic nitrogens is 3. The van der Waals surface area contributed by atoms with Crippen molar-refractivity contribution in [1.82, 2.24) is 15.0 Å². The molecule has 68 valence electrons. The van der Waals surface area contributed by atoms with E-state index in [1.54, 1.807) is 0 Å². The second-order valence-corrected chi connectivity index (χ2v) is 3.42. The fourth-order valence-electron chi connectivity index (χ4n) is 0.966. The van der Waals surface area contributed by atoms with Crippen LogP contribution in [0.3, 0.4) is 0 Å². The first kappa shape index (κ1) is 8.44. The molecule has 0 amide bonds. The van der Waals surface area contributed by atoms with Gasteiger partial charge >= 0.3 is 0 Å². The summed E-state index contributed by atoms with van der Waals surface area (Å²) in [4.78, 5) is 12.1. The summed E-state index contributed by atoms with van der Waals surface area (Å²) in [7, 11) is 0. The molecule has 13 heavy (non-hydrogen) atoms. The van der Waals surface area contributed by atoms with Crippen LogP contribution in [0, 0.1) is 0 Å². The Morgan fingerprint density at radius 2 is 2.15 bits per heavy atom. The first-order chi connectivity index (χ1) is 6.16. The number of oxazole rings is 1. The predicted molar refractivity (Wildman–Crippen MR) is 48.7 cm³/mol. The summed E-state index contributed by atoms with van der Waals surface area (Å²) in [6, 6.07) is 0. The molecule has 0 atom stereocenters. The van der Waals surface area contributed by atoms with Crippen molar-refractivity contribution in [2.75, 3.05) is 0 Å². The van der Waals surface area contributed by atoms with Crippen LogP contribution in [0.1, 0.15) is 25.7 Å². The van der Waals surface area contributed by atoms with Crippen LogP contribution in [-0.2, 0) is 0 Å². The highest BCUT2D eigenvalue weighted by Crippen LogP contribution is 2.18. The van der Waals surface area contributed by atoms with Gasteiger partial charge in [-0.15, -0.1) is 0 Å². The zero-order chi connectivity index (χ0) is 9.42. The maximum Gasteiger partial charge on any atom is 0.266 e. The van der Waals surface area contributed by atoms with E-state index in [0.29, 0.717) is 22.4 Å². The Labute approximate surface area is 80.0 Å². The maximum atomic E-state index is 5.65. The maximum absolute atomic E-state index is 5.65. The third-order valence-corrected chi connectivity index (χ3v) is 1.79. The monoisotopic (exact) mass is 197 g/mol. The molecule has 0 saturated carbocycles. The lowest BCUT2D eigenvalue weighted by atomic mass is 10.2. The molecule has 0 spiro atoms. The Kier molecular flexibility index (Phi) is 1.92. The molecule has 0 aliphatic heterocycles. The van der Waals surface area contributed by atoms with Gasteiger partial charge in [-0.2, -0.15) is 4.98 Å². The Morgan fingerprint density at radius 1 is 1.38 bits per heavy atom.